The molecule has 0 spiro atoms. The van der Waals surface area contributed by atoms with Crippen LogP contribution in [-0.2, 0) is 0 Å². The van der Waals surface area contributed by atoms with Gasteiger partial charge < -0.3 is 15.1 Å². The van der Waals surface area contributed by atoms with E-state index in [1.54, 1.807) is 41.3 Å². The molecule has 8 heteroatoms. The van der Waals surface area contributed by atoms with Crippen LogP contribution in [0.15, 0.2) is 48.5 Å². The van der Waals surface area contributed by atoms with E-state index < -0.39 is 4.92 Å². The molecule has 1 fully saturated rings. The Balaban J connectivity index is 1.54. The van der Waals surface area contributed by atoms with E-state index in [1.165, 1.54) is 19.1 Å². The topological polar surface area (TPSA) is 95.8 Å². The van der Waals surface area contributed by atoms with Gasteiger partial charge in [-0.05, 0) is 43.3 Å². The molecule has 0 unspecified atom stereocenters. The van der Waals surface area contributed by atoms with Gasteiger partial charge in [-0.15, -0.1) is 0 Å². The Morgan fingerprint density at radius 1 is 0.963 bits per heavy atom. The number of benzene rings is 2. The molecule has 2 aromatic carbocycles. The molecule has 0 aliphatic carbocycles. The smallest absolute Gasteiger partial charge is 0.321 e. The van der Waals surface area contributed by atoms with Crippen LogP contribution in [0.2, 0.25) is 0 Å². The van der Waals surface area contributed by atoms with Crippen molar-refractivity contribution in [1.82, 2.24) is 4.90 Å². The van der Waals surface area contributed by atoms with Crippen molar-refractivity contribution in [2.45, 2.75) is 6.92 Å². The van der Waals surface area contributed by atoms with Crippen molar-refractivity contribution in [3.8, 4) is 0 Å². The number of Topliss-reactive ketones (excluding diaryl/α,β-unsaturated/α-hetero) is 1. The van der Waals surface area contributed by atoms with Crippen LogP contribution >= 0.6 is 0 Å². The maximum atomic E-state index is 12.4. The molecule has 1 aliphatic rings. The lowest BCUT2D eigenvalue weighted by Gasteiger charge is -2.36. The number of carbonyl (C=O) groups is 2. The summed E-state index contributed by atoms with van der Waals surface area (Å²) >= 11 is 0. The lowest BCUT2D eigenvalue weighted by molar-refractivity contribution is -0.384. The Kier molecular flexibility index (Phi) is 5.35. The summed E-state index contributed by atoms with van der Waals surface area (Å²) in [5.41, 5.74) is 2.21. The monoisotopic (exact) mass is 368 g/mol. The molecule has 2 aromatic rings. The normalized spacial score (nSPS) is 14.0. The van der Waals surface area contributed by atoms with Crippen LogP contribution in [0, 0.1) is 10.1 Å². The van der Waals surface area contributed by atoms with Crippen LogP contribution in [0.3, 0.4) is 0 Å². The number of hydrogen-bond donors (Lipinski definition) is 1. The van der Waals surface area contributed by atoms with E-state index in [4.69, 9.17) is 0 Å². The summed E-state index contributed by atoms with van der Waals surface area (Å²) in [5, 5.41) is 13.6. The molecule has 0 atom stereocenters. The molecule has 0 saturated carbocycles. The van der Waals surface area contributed by atoms with Crippen LogP contribution in [0.5, 0.6) is 0 Å². The number of nitro benzene ring substituents is 1. The number of nitro groups is 1. The molecule has 0 aromatic heterocycles. The van der Waals surface area contributed by atoms with Crippen molar-refractivity contribution in [2.24, 2.45) is 0 Å². The fourth-order valence-corrected chi connectivity index (χ4v) is 2.94. The van der Waals surface area contributed by atoms with Gasteiger partial charge in [-0.3, -0.25) is 14.9 Å². The fraction of sp³-hybridized carbons (Fsp3) is 0.263. The summed E-state index contributed by atoms with van der Waals surface area (Å²) in [6.45, 7) is 3.89. The van der Waals surface area contributed by atoms with E-state index in [-0.39, 0.29) is 17.5 Å². The van der Waals surface area contributed by atoms with Gasteiger partial charge in [0.1, 0.15) is 0 Å². The van der Waals surface area contributed by atoms with Crippen LogP contribution in [0.25, 0.3) is 0 Å². The van der Waals surface area contributed by atoms with E-state index >= 15 is 0 Å². The Morgan fingerprint density at radius 2 is 1.56 bits per heavy atom. The summed E-state index contributed by atoms with van der Waals surface area (Å²) in [6.07, 6.45) is 0. The van der Waals surface area contributed by atoms with Gasteiger partial charge in [0.2, 0.25) is 0 Å². The molecule has 1 aliphatic heterocycles. The SMILES string of the molecule is CC(=O)c1ccc(NC(=O)N2CCN(c3ccc([N+](=O)[O-])cc3)CC2)cc1. The molecule has 0 bridgehead atoms. The van der Waals surface area contributed by atoms with Crippen molar-refractivity contribution in [3.63, 3.8) is 0 Å². The first-order valence-corrected chi connectivity index (χ1v) is 8.60. The van der Waals surface area contributed by atoms with Gasteiger partial charge in [-0.25, -0.2) is 4.79 Å². The van der Waals surface area contributed by atoms with Gasteiger partial charge in [0.05, 0.1) is 4.92 Å². The first-order valence-electron chi connectivity index (χ1n) is 8.60. The molecule has 2 amide bonds. The first kappa shape index (κ1) is 18.4. The Bertz CT molecular complexity index is 841. The number of piperazine rings is 1. The number of non-ortho nitro benzene ring substituents is 1. The van der Waals surface area contributed by atoms with Gasteiger partial charge in [-0.1, -0.05) is 0 Å². The highest BCUT2D eigenvalue weighted by atomic mass is 16.6. The largest absolute Gasteiger partial charge is 0.368 e. The standard InChI is InChI=1S/C19H20N4O4/c1-14(24)15-2-4-16(5-3-15)20-19(25)22-12-10-21(11-13-22)17-6-8-18(9-7-17)23(26)27/h2-9H,10-13H2,1H3,(H,20,25). The molecular weight excluding hydrogens is 348 g/mol. The van der Waals surface area contributed by atoms with Crippen molar-refractivity contribution in [2.75, 3.05) is 36.4 Å². The van der Waals surface area contributed by atoms with Gasteiger partial charge >= 0.3 is 6.03 Å². The maximum Gasteiger partial charge on any atom is 0.321 e. The van der Waals surface area contributed by atoms with Crippen molar-refractivity contribution < 1.29 is 14.5 Å². The highest BCUT2D eigenvalue weighted by molar-refractivity contribution is 5.95. The van der Waals surface area contributed by atoms with Crippen LogP contribution in [-0.4, -0.2) is 47.8 Å². The van der Waals surface area contributed by atoms with Gasteiger partial charge in [0.15, 0.2) is 5.78 Å². The molecular formula is C19H20N4O4. The number of carbonyl (C=O) groups excluding carboxylic acids is 2. The third-order valence-corrected chi connectivity index (χ3v) is 4.54. The second-order valence-corrected chi connectivity index (χ2v) is 6.31. The maximum absolute atomic E-state index is 12.4. The summed E-state index contributed by atoms with van der Waals surface area (Å²) in [7, 11) is 0. The molecule has 3 rings (SSSR count). The van der Waals surface area contributed by atoms with Gasteiger partial charge in [0, 0.05) is 55.2 Å². The highest BCUT2D eigenvalue weighted by Crippen LogP contribution is 2.21. The number of hydrogen-bond acceptors (Lipinski definition) is 5. The number of amides is 2. The predicted octanol–water partition coefficient (Wildman–Crippen LogP) is 3.15. The summed E-state index contributed by atoms with van der Waals surface area (Å²) < 4.78 is 0. The van der Waals surface area contributed by atoms with Gasteiger partial charge in [0.25, 0.3) is 5.69 Å². The third-order valence-electron chi connectivity index (χ3n) is 4.54. The Morgan fingerprint density at radius 3 is 2.07 bits per heavy atom. The van der Waals surface area contributed by atoms with E-state index in [0.717, 1.165) is 5.69 Å². The quantitative estimate of drug-likeness (QED) is 0.508. The van der Waals surface area contributed by atoms with E-state index in [1.807, 2.05) is 0 Å². The van der Waals surface area contributed by atoms with E-state index in [2.05, 4.69) is 10.2 Å². The van der Waals surface area contributed by atoms with Crippen LogP contribution in [0.1, 0.15) is 17.3 Å². The lowest BCUT2D eigenvalue weighted by atomic mass is 10.1. The number of anilines is 2. The Labute approximate surface area is 156 Å². The number of ketones is 1. The zero-order chi connectivity index (χ0) is 19.4. The van der Waals surface area contributed by atoms with Gasteiger partial charge in [-0.2, -0.15) is 0 Å². The number of rotatable bonds is 4. The third kappa shape index (κ3) is 4.41. The zero-order valence-electron chi connectivity index (χ0n) is 14.9. The summed E-state index contributed by atoms with van der Waals surface area (Å²) in [6, 6.07) is 13.0. The molecule has 8 nitrogen and oxygen atoms in total. The minimum Gasteiger partial charge on any atom is -0.368 e. The average molecular weight is 368 g/mol. The van der Waals surface area contributed by atoms with Crippen molar-refractivity contribution in [3.05, 3.63) is 64.2 Å². The van der Waals surface area contributed by atoms with Crippen LogP contribution in [0.4, 0.5) is 21.9 Å². The number of nitrogens with one attached hydrogen (secondary N) is 1. The molecule has 1 heterocycles. The Hall–Kier alpha value is -3.42. The van der Waals surface area contributed by atoms with E-state index in [9.17, 15) is 19.7 Å². The molecule has 27 heavy (non-hydrogen) atoms. The van der Waals surface area contributed by atoms with E-state index in [0.29, 0.717) is 37.4 Å². The molecule has 0 radical (unpaired) electrons. The van der Waals surface area contributed by atoms with Crippen molar-refractivity contribution in [1.29, 1.82) is 0 Å². The second kappa shape index (κ2) is 7.86. The summed E-state index contributed by atoms with van der Waals surface area (Å²) in [5.74, 6) is -0.0183. The molecule has 140 valence electrons. The average Bonchev–Trinajstić information content (AvgIpc) is 2.68. The zero-order valence-corrected chi connectivity index (χ0v) is 14.9. The number of urea groups is 1. The predicted molar refractivity (Wildman–Crippen MR) is 102 cm³/mol. The fourth-order valence-electron chi connectivity index (χ4n) is 2.94. The minimum atomic E-state index is -0.422. The van der Waals surface area contributed by atoms with Crippen molar-refractivity contribution >= 4 is 28.9 Å². The lowest BCUT2D eigenvalue weighted by Crippen LogP contribution is -2.50. The minimum absolute atomic E-state index is 0.0183. The first-order chi connectivity index (χ1) is 12.9. The highest BCUT2D eigenvalue weighted by Gasteiger charge is 2.21. The molecule has 1 saturated heterocycles. The number of nitrogens with zero attached hydrogens (tertiary/aromatic N) is 3. The second-order valence-electron chi connectivity index (χ2n) is 6.31. The van der Waals surface area contributed by atoms with Crippen LogP contribution < -0.4 is 10.2 Å². The molecule has 1 N–H and O–H groups in total. The summed E-state index contributed by atoms with van der Waals surface area (Å²) in [4.78, 5) is 37.8.